The van der Waals surface area contributed by atoms with E-state index in [9.17, 15) is 10.1 Å². The third-order valence-electron chi connectivity index (χ3n) is 3.26. The lowest BCUT2D eigenvalue weighted by molar-refractivity contribution is -0.384. The molecule has 0 aliphatic carbocycles. The van der Waals surface area contributed by atoms with Gasteiger partial charge in [0.25, 0.3) is 5.69 Å². The summed E-state index contributed by atoms with van der Waals surface area (Å²) < 4.78 is 2.71. The largest absolute Gasteiger partial charge is 0.383 e. The second-order valence-corrected chi connectivity index (χ2v) is 5.60. The quantitative estimate of drug-likeness (QED) is 0.567. The first kappa shape index (κ1) is 13.6. The molecule has 0 amide bonds. The maximum absolute atomic E-state index is 10.7. The number of hydrogen-bond donors (Lipinski definition) is 1. The van der Waals surface area contributed by atoms with E-state index in [-0.39, 0.29) is 5.69 Å². The summed E-state index contributed by atoms with van der Waals surface area (Å²) in [6.45, 7) is 1.95. The second kappa shape index (κ2) is 4.85. The van der Waals surface area contributed by atoms with Gasteiger partial charge in [-0.2, -0.15) is 0 Å². The van der Waals surface area contributed by atoms with Crippen molar-refractivity contribution in [1.29, 1.82) is 0 Å². The fourth-order valence-corrected chi connectivity index (χ4v) is 2.79. The fourth-order valence-electron chi connectivity index (χ4n) is 2.24. The Morgan fingerprint density at radius 2 is 2.00 bits per heavy atom. The van der Waals surface area contributed by atoms with E-state index in [1.807, 2.05) is 19.2 Å². The van der Waals surface area contributed by atoms with Crippen molar-refractivity contribution in [3.05, 3.63) is 56.7 Å². The minimum atomic E-state index is -0.432. The summed E-state index contributed by atoms with van der Waals surface area (Å²) >= 11 is 3.43. The van der Waals surface area contributed by atoms with Crippen LogP contribution in [-0.4, -0.2) is 14.3 Å². The smallest absolute Gasteiger partial charge is 0.269 e. The minimum absolute atomic E-state index is 0.0417. The summed E-state index contributed by atoms with van der Waals surface area (Å²) in [5.74, 6) is 0.503. The highest BCUT2D eigenvalue weighted by molar-refractivity contribution is 9.10. The number of nitro benzene ring substituents is 1. The highest BCUT2D eigenvalue weighted by Gasteiger charge is 2.14. The van der Waals surface area contributed by atoms with Crippen molar-refractivity contribution in [1.82, 2.24) is 9.38 Å². The Morgan fingerprint density at radius 1 is 1.33 bits per heavy atom. The average Bonchev–Trinajstić information content (AvgIpc) is 2.77. The molecule has 2 aromatic heterocycles. The number of aromatic nitrogens is 2. The van der Waals surface area contributed by atoms with Crippen LogP contribution in [0, 0.1) is 17.0 Å². The van der Waals surface area contributed by atoms with Crippen LogP contribution in [-0.2, 0) is 0 Å². The van der Waals surface area contributed by atoms with Crippen LogP contribution in [0.3, 0.4) is 0 Å². The molecule has 0 radical (unpaired) electrons. The van der Waals surface area contributed by atoms with Gasteiger partial charge in [0.15, 0.2) is 0 Å². The van der Waals surface area contributed by atoms with Crippen molar-refractivity contribution in [3.8, 4) is 11.3 Å². The summed E-state index contributed by atoms with van der Waals surface area (Å²) in [6.07, 6.45) is 1.85. The summed E-state index contributed by atoms with van der Waals surface area (Å²) in [6, 6.07) is 8.16. The Kier molecular flexibility index (Phi) is 3.13. The molecule has 0 aliphatic rings. The number of pyridine rings is 1. The van der Waals surface area contributed by atoms with Crippen LogP contribution in [0.1, 0.15) is 5.56 Å². The zero-order valence-corrected chi connectivity index (χ0v) is 12.7. The number of halogens is 1. The first-order valence-electron chi connectivity index (χ1n) is 6.16. The maximum Gasteiger partial charge on any atom is 0.269 e. The van der Waals surface area contributed by atoms with E-state index in [4.69, 9.17) is 5.73 Å². The predicted molar refractivity (Wildman–Crippen MR) is 84.1 cm³/mol. The number of fused-ring (bicyclic) bond motifs is 1. The zero-order chi connectivity index (χ0) is 15.1. The number of benzene rings is 1. The van der Waals surface area contributed by atoms with Crippen LogP contribution < -0.4 is 5.73 Å². The maximum atomic E-state index is 10.7. The third kappa shape index (κ3) is 2.25. The van der Waals surface area contributed by atoms with Crippen LogP contribution in [0.25, 0.3) is 16.9 Å². The van der Waals surface area contributed by atoms with Crippen LogP contribution >= 0.6 is 15.9 Å². The minimum Gasteiger partial charge on any atom is -0.383 e. The van der Waals surface area contributed by atoms with Crippen molar-refractivity contribution < 1.29 is 4.92 Å². The number of non-ortho nitro benzene ring substituents is 1. The number of nitrogens with two attached hydrogens (primary N) is 1. The van der Waals surface area contributed by atoms with Crippen molar-refractivity contribution >= 4 is 33.1 Å². The van der Waals surface area contributed by atoms with Crippen molar-refractivity contribution in [2.24, 2.45) is 0 Å². The number of anilines is 1. The third-order valence-corrected chi connectivity index (χ3v) is 3.69. The lowest BCUT2D eigenvalue weighted by Gasteiger charge is -2.01. The monoisotopic (exact) mass is 346 g/mol. The number of nitrogens with zero attached hydrogens (tertiary/aromatic N) is 3. The van der Waals surface area contributed by atoms with Gasteiger partial charge in [-0.15, -0.1) is 0 Å². The molecule has 1 aromatic carbocycles. The predicted octanol–water partition coefficient (Wildman–Crippen LogP) is 3.56. The molecular weight excluding hydrogens is 336 g/mol. The molecule has 6 nitrogen and oxygen atoms in total. The van der Waals surface area contributed by atoms with Crippen molar-refractivity contribution in [3.63, 3.8) is 0 Å². The molecule has 106 valence electrons. The number of hydrogen-bond acceptors (Lipinski definition) is 4. The first-order chi connectivity index (χ1) is 9.97. The molecule has 21 heavy (non-hydrogen) atoms. The Labute approximate surface area is 128 Å². The lowest BCUT2D eigenvalue weighted by atomic mass is 10.1. The molecular formula is C14H11BrN4O2. The van der Waals surface area contributed by atoms with Crippen LogP contribution in [0.15, 0.2) is 41.0 Å². The highest BCUT2D eigenvalue weighted by atomic mass is 79.9. The molecule has 0 saturated carbocycles. The molecule has 0 saturated heterocycles. The highest BCUT2D eigenvalue weighted by Crippen LogP contribution is 2.30. The lowest BCUT2D eigenvalue weighted by Crippen LogP contribution is -1.95. The van der Waals surface area contributed by atoms with Gasteiger partial charge in [0.1, 0.15) is 17.2 Å². The van der Waals surface area contributed by atoms with Crippen LogP contribution in [0.2, 0.25) is 0 Å². The van der Waals surface area contributed by atoms with E-state index < -0.39 is 4.92 Å². The van der Waals surface area contributed by atoms with Gasteiger partial charge in [0.2, 0.25) is 0 Å². The van der Waals surface area contributed by atoms with Gasteiger partial charge in [-0.05, 0) is 46.6 Å². The van der Waals surface area contributed by atoms with E-state index in [0.29, 0.717) is 11.5 Å². The molecule has 3 rings (SSSR count). The van der Waals surface area contributed by atoms with Gasteiger partial charge < -0.3 is 5.73 Å². The summed E-state index contributed by atoms with van der Waals surface area (Å²) in [5.41, 5.74) is 9.32. The number of nitro groups is 1. The van der Waals surface area contributed by atoms with Gasteiger partial charge in [-0.25, -0.2) is 4.98 Å². The topological polar surface area (TPSA) is 86.5 Å². The van der Waals surface area contributed by atoms with Gasteiger partial charge in [0.05, 0.1) is 4.92 Å². The van der Waals surface area contributed by atoms with Gasteiger partial charge in [0, 0.05) is 28.4 Å². The Hall–Kier alpha value is -2.41. The number of imidazole rings is 1. The van der Waals surface area contributed by atoms with E-state index in [1.54, 1.807) is 16.5 Å². The SMILES string of the molecule is Cc1cc(Br)cn2c(N)c(-c3ccc([N+](=O)[O-])cc3)nc12. The molecule has 2 N–H and O–H groups in total. The molecule has 3 aromatic rings. The van der Waals surface area contributed by atoms with Gasteiger partial charge in [-0.1, -0.05) is 0 Å². The van der Waals surface area contributed by atoms with E-state index >= 15 is 0 Å². The number of nitrogen functional groups attached to an aromatic ring is 1. The normalized spacial score (nSPS) is 11.0. The molecule has 0 fully saturated rings. The summed E-state index contributed by atoms with van der Waals surface area (Å²) in [5, 5.41) is 10.7. The van der Waals surface area contributed by atoms with Gasteiger partial charge in [-0.3, -0.25) is 14.5 Å². The zero-order valence-electron chi connectivity index (χ0n) is 11.1. The fraction of sp³-hybridized carbons (Fsp3) is 0.0714. The second-order valence-electron chi connectivity index (χ2n) is 4.68. The molecule has 0 spiro atoms. The first-order valence-corrected chi connectivity index (χ1v) is 6.95. The van der Waals surface area contributed by atoms with Crippen molar-refractivity contribution in [2.45, 2.75) is 6.92 Å². The van der Waals surface area contributed by atoms with E-state index in [0.717, 1.165) is 21.2 Å². The van der Waals surface area contributed by atoms with Gasteiger partial charge >= 0.3 is 0 Å². The van der Waals surface area contributed by atoms with E-state index in [2.05, 4.69) is 20.9 Å². The Bertz CT molecular complexity index is 856. The molecule has 2 heterocycles. The van der Waals surface area contributed by atoms with Crippen molar-refractivity contribution in [2.75, 3.05) is 5.73 Å². The molecule has 0 atom stereocenters. The molecule has 7 heteroatoms. The Morgan fingerprint density at radius 3 is 2.62 bits per heavy atom. The molecule has 0 unspecified atom stereocenters. The Balaban J connectivity index is 2.18. The molecule has 0 bridgehead atoms. The summed E-state index contributed by atoms with van der Waals surface area (Å²) in [4.78, 5) is 14.8. The summed E-state index contributed by atoms with van der Waals surface area (Å²) in [7, 11) is 0. The number of rotatable bonds is 2. The van der Waals surface area contributed by atoms with Crippen LogP contribution in [0.5, 0.6) is 0 Å². The number of aryl methyl sites for hydroxylation is 1. The van der Waals surface area contributed by atoms with Crippen LogP contribution in [0.4, 0.5) is 11.5 Å². The van der Waals surface area contributed by atoms with E-state index in [1.165, 1.54) is 12.1 Å². The molecule has 0 aliphatic heterocycles. The average molecular weight is 347 g/mol. The standard InChI is InChI=1S/C14H11BrN4O2/c1-8-6-10(15)7-18-13(16)12(17-14(8)18)9-2-4-11(5-3-9)19(20)21/h2-7H,16H2,1H3.